The smallest absolute Gasteiger partial charge is 0.335 e. The van der Waals surface area contributed by atoms with E-state index in [1.54, 1.807) is 12.1 Å². The zero-order valence-electron chi connectivity index (χ0n) is 35.2. The van der Waals surface area contributed by atoms with Gasteiger partial charge in [-0.1, -0.05) is 65.0 Å². The Morgan fingerprint density at radius 1 is 0.836 bits per heavy atom. The predicted molar refractivity (Wildman–Crippen MR) is 218 cm³/mol. The van der Waals surface area contributed by atoms with Crippen LogP contribution in [0.4, 0.5) is 0 Å². The number of fused-ring (bicyclic) bond motifs is 7. The van der Waals surface area contributed by atoms with E-state index < -0.39 is 5.97 Å². The van der Waals surface area contributed by atoms with E-state index in [9.17, 15) is 24.3 Å². The van der Waals surface area contributed by atoms with Crippen molar-refractivity contribution in [2.24, 2.45) is 56.7 Å². The monoisotopic (exact) mass is 756 g/mol. The van der Waals surface area contributed by atoms with Crippen molar-refractivity contribution in [3.63, 3.8) is 0 Å². The van der Waals surface area contributed by atoms with Gasteiger partial charge in [0.05, 0.1) is 12.0 Å². The Morgan fingerprint density at radius 3 is 2.20 bits per heavy atom. The molecule has 4 fully saturated rings. The molecule has 6 rings (SSSR count). The third-order valence-electron chi connectivity index (χ3n) is 17.0. The lowest BCUT2D eigenvalue weighted by Crippen LogP contribution is -2.65. The molecule has 0 radical (unpaired) electrons. The third-order valence-corrected chi connectivity index (χ3v) is 17.0. The summed E-state index contributed by atoms with van der Waals surface area (Å²) in [6, 6.07) is 7.51. The first-order valence-corrected chi connectivity index (χ1v) is 21.4. The molecule has 0 aromatic heterocycles. The van der Waals surface area contributed by atoms with Gasteiger partial charge in [0.15, 0.2) is 0 Å². The summed E-state index contributed by atoms with van der Waals surface area (Å²) in [6.45, 7) is 22.7. The summed E-state index contributed by atoms with van der Waals surface area (Å²) in [4.78, 5) is 51.5. The van der Waals surface area contributed by atoms with Gasteiger partial charge in [-0.2, -0.15) is 0 Å². The average Bonchev–Trinajstić information content (AvgIpc) is 3.52. The number of esters is 1. The average molecular weight is 756 g/mol. The minimum Gasteiger partial charge on any atom is -0.478 e. The predicted octanol–water partition coefficient (Wildman–Crippen LogP) is 10.2. The van der Waals surface area contributed by atoms with Crippen LogP contribution in [0.2, 0.25) is 0 Å². The number of likely N-dealkylation sites (N-methyl/N-ethyl adjacent to an activating group) is 1. The molecule has 0 bridgehead atoms. The summed E-state index contributed by atoms with van der Waals surface area (Å²) < 4.78 is 5.33. The molecule has 0 saturated heterocycles. The number of hydrogen-bond acceptors (Lipinski definition) is 6. The lowest BCUT2D eigenvalue weighted by molar-refractivity contribution is -0.224. The minimum absolute atomic E-state index is 0.00974. The van der Waals surface area contributed by atoms with Gasteiger partial charge in [-0.05, 0) is 166 Å². The number of Topliss-reactive ketones (excluding diaryl/α,β-unsaturated/α-hetero) is 2. The van der Waals surface area contributed by atoms with Crippen LogP contribution in [0.15, 0.2) is 42.5 Å². The second-order valence-corrected chi connectivity index (χ2v) is 20.0. The molecule has 55 heavy (non-hydrogen) atoms. The summed E-state index contributed by atoms with van der Waals surface area (Å²) >= 11 is 0. The van der Waals surface area contributed by atoms with Gasteiger partial charge in [0, 0.05) is 24.8 Å². The Hall–Kier alpha value is -3.06. The molecule has 0 heterocycles. The van der Waals surface area contributed by atoms with Gasteiger partial charge in [-0.15, -0.1) is 0 Å². The van der Waals surface area contributed by atoms with Crippen molar-refractivity contribution in [1.82, 2.24) is 4.90 Å². The lowest BCUT2D eigenvalue weighted by atomic mass is 9.32. The number of carboxylic acid groups (broad SMARTS) is 1. The van der Waals surface area contributed by atoms with Crippen molar-refractivity contribution in [3.05, 3.63) is 53.6 Å². The molecule has 1 aromatic carbocycles. The van der Waals surface area contributed by atoms with Crippen LogP contribution in [0.25, 0.3) is 5.57 Å². The molecule has 5 aliphatic rings. The van der Waals surface area contributed by atoms with Crippen LogP contribution in [0, 0.1) is 56.7 Å². The fraction of sp³-hybridized carbons (Fsp3) is 0.708. The Morgan fingerprint density at radius 2 is 1.55 bits per heavy atom. The first-order valence-electron chi connectivity index (χ1n) is 21.4. The number of rotatable bonds is 14. The SMILES string of the molecule is C=C(C)[C@@H]1CC[C@]2(C(=O)CCCN(C)CCOC(=O)CCC(C)=O)CC[C@]3(C)[C@H](CC[C@@H]4[C@@]5(C)CC=C(c6ccc(C(=O)O)cc6)C(C)(C)[C@@H]5CC[C@]43C)[C@@H]12. The normalized spacial score (nSPS) is 36.1. The van der Waals surface area contributed by atoms with Gasteiger partial charge >= 0.3 is 11.9 Å². The summed E-state index contributed by atoms with van der Waals surface area (Å²) in [5.41, 5.74) is 4.31. The molecule has 4 saturated carbocycles. The number of benzene rings is 1. The third kappa shape index (κ3) is 7.12. The van der Waals surface area contributed by atoms with Crippen molar-refractivity contribution < 1.29 is 29.0 Å². The summed E-state index contributed by atoms with van der Waals surface area (Å²) in [7, 11) is 2.02. The number of carbonyl (C=O) groups excluding carboxylic acids is 3. The van der Waals surface area contributed by atoms with Crippen molar-refractivity contribution >= 4 is 29.1 Å². The maximum atomic E-state index is 14.7. The van der Waals surface area contributed by atoms with Crippen LogP contribution in [-0.4, -0.2) is 60.3 Å². The highest BCUT2D eigenvalue weighted by molar-refractivity contribution is 5.88. The number of nitrogens with zero attached hydrogens (tertiary/aromatic N) is 1. The molecule has 7 heteroatoms. The second-order valence-electron chi connectivity index (χ2n) is 20.0. The van der Waals surface area contributed by atoms with E-state index in [4.69, 9.17) is 4.74 Å². The molecule has 5 aliphatic carbocycles. The highest BCUT2D eigenvalue weighted by atomic mass is 16.5. The minimum atomic E-state index is -0.885. The molecular formula is C48H69NO6. The summed E-state index contributed by atoms with van der Waals surface area (Å²) in [6.07, 6.45) is 14.3. The summed E-state index contributed by atoms with van der Waals surface area (Å²) in [5, 5.41) is 9.50. The summed E-state index contributed by atoms with van der Waals surface area (Å²) in [5.74, 6) is 1.64. The van der Waals surface area contributed by atoms with Gasteiger partial charge in [0.25, 0.3) is 0 Å². The highest BCUT2D eigenvalue weighted by Crippen LogP contribution is 2.78. The second kappa shape index (κ2) is 15.4. The van der Waals surface area contributed by atoms with Crippen LogP contribution in [0.1, 0.15) is 148 Å². The van der Waals surface area contributed by atoms with Crippen LogP contribution in [0.3, 0.4) is 0 Å². The molecule has 0 spiro atoms. The van der Waals surface area contributed by atoms with E-state index in [0.717, 1.165) is 50.6 Å². The Kier molecular flexibility index (Phi) is 11.6. The Balaban J connectivity index is 1.18. The molecule has 9 atom stereocenters. The van der Waals surface area contributed by atoms with E-state index >= 15 is 0 Å². The standard InChI is InChI=1S/C48H69NO6/c1-31(2)35-20-25-48(40(51)11-10-28-49(9)29-30-55-41(52)19-12-32(3)50)27-26-46(7)37(42(35)48)17-18-39-45(6)23-21-36(33-13-15-34(16-14-33)43(53)54)44(4,5)38(45)22-24-47(39,46)8/h13-16,21,35,37-39,42H,1,10-12,17-20,22-30H2,2-9H3,(H,53,54)/t35-,37+,38-,39+,42+,45-,46+,47+,48+/m0/s1. The topological polar surface area (TPSA) is 101 Å². The van der Waals surface area contributed by atoms with Crippen LogP contribution >= 0.6 is 0 Å². The van der Waals surface area contributed by atoms with Gasteiger partial charge in [0.1, 0.15) is 18.2 Å². The zero-order valence-corrected chi connectivity index (χ0v) is 35.2. The number of allylic oxidation sites excluding steroid dienone is 3. The first kappa shape index (κ1) is 41.6. The molecule has 0 aliphatic heterocycles. The van der Waals surface area contributed by atoms with E-state index in [0.29, 0.717) is 60.5 Å². The van der Waals surface area contributed by atoms with Crippen LogP contribution < -0.4 is 0 Å². The molecule has 1 aromatic rings. The van der Waals surface area contributed by atoms with Crippen molar-refractivity contribution in [1.29, 1.82) is 0 Å². The first-order chi connectivity index (χ1) is 25.8. The molecule has 0 unspecified atom stereocenters. The Bertz CT molecular complexity index is 1710. The molecule has 0 amide bonds. The zero-order chi connectivity index (χ0) is 40.1. The van der Waals surface area contributed by atoms with Crippen LogP contribution in [-0.2, 0) is 19.1 Å². The van der Waals surface area contributed by atoms with E-state index in [1.807, 2.05) is 19.2 Å². The number of ketones is 2. The van der Waals surface area contributed by atoms with E-state index in [2.05, 4.69) is 59.1 Å². The van der Waals surface area contributed by atoms with E-state index in [-0.39, 0.29) is 51.7 Å². The number of aromatic carboxylic acids is 1. The Labute approximate surface area is 331 Å². The quantitative estimate of drug-likeness (QED) is 0.149. The van der Waals surface area contributed by atoms with E-state index in [1.165, 1.54) is 43.8 Å². The van der Waals surface area contributed by atoms with Crippen molar-refractivity contribution in [2.75, 3.05) is 26.7 Å². The van der Waals surface area contributed by atoms with Crippen molar-refractivity contribution in [2.45, 2.75) is 132 Å². The molecular weight excluding hydrogens is 687 g/mol. The molecule has 7 nitrogen and oxygen atoms in total. The molecule has 1 N–H and O–H groups in total. The number of carboxylic acids is 1. The number of hydrogen-bond donors (Lipinski definition) is 1. The van der Waals surface area contributed by atoms with Gasteiger partial charge < -0.3 is 19.5 Å². The van der Waals surface area contributed by atoms with Gasteiger partial charge in [-0.25, -0.2) is 4.79 Å². The fourth-order valence-electron chi connectivity index (χ4n) is 14.0. The van der Waals surface area contributed by atoms with Gasteiger partial charge in [-0.3, -0.25) is 9.59 Å². The fourth-order valence-corrected chi connectivity index (χ4v) is 14.0. The largest absolute Gasteiger partial charge is 0.478 e. The van der Waals surface area contributed by atoms with Crippen molar-refractivity contribution in [3.8, 4) is 0 Å². The van der Waals surface area contributed by atoms with Gasteiger partial charge in [0.2, 0.25) is 0 Å². The van der Waals surface area contributed by atoms with Crippen LogP contribution in [0.5, 0.6) is 0 Å². The molecule has 302 valence electrons. The highest BCUT2D eigenvalue weighted by Gasteiger charge is 2.71. The maximum Gasteiger partial charge on any atom is 0.335 e. The number of ether oxygens (including phenoxy) is 1. The maximum absolute atomic E-state index is 14.7. The number of carbonyl (C=O) groups is 4. The lowest BCUT2D eigenvalue weighted by Gasteiger charge is -2.72.